The van der Waals surface area contributed by atoms with Crippen LogP contribution >= 0.6 is 11.6 Å². The Bertz CT molecular complexity index is 754. The topological polar surface area (TPSA) is 64.6 Å². The van der Waals surface area contributed by atoms with Crippen molar-refractivity contribution >= 4 is 23.4 Å². The first-order chi connectivity index (χ1) is 12.5. The Morgan fingerprint density at radius 1 is 1.27 bits per heavy atom. The van der Waals surface area contributed by atoms with Crippen molar-refractivity contribution in [3.8, 4) is 0 Å². The number of nitrogens with one attached hydrogen (secondary N) is 1. The van der Waals surface area contributed by atoms with Gasteiger partial charge in [0.05, 0.1) is 18.1 Å². The lowest BCUT2D eigenvalue weighted by Gasteiger charge is -2.41. The Balaban J connectivity index is 2.02. The van der Waals surface area contributed by atoms with Crippen LogP contribution in [-0.4, -0.2) is 38.1 Å². The van der Waals surface area contributed by atoms with E-state index in [1.807, 2.05) is 25.1 Å². The number of esters is 1. The maximum absolute atomic E-state index is 12.8. The summed E-state index contributed by atoms with van der Waals surface area (Å²) in [5, 5.41) is 3.94. The molecule has 1 heterocycles. The van der Waals surface area contributed by atoms with Gasteiger partial charge in [-0.25, -0.2) is 4.79 Å². The Morgan fingerprint density at radius 2 is 2.00 bits per heavy atom. The molecular weight excluding hydrogens is 354 g/mol. The van der Waals surface area contributed by atoms with E-state index in [1.165, 1.54) is 0 Å². The van der Waals surface area contributed by atoms with Crippen LogP contribution in [-0.2, 0) is 19.1 Å². The third kappa shape index (κ3) is 3.69. The first-order valence-corrected chi connectivity index (χ1v) is 9.00. The fraction of sp³-hybridized carbons (Fsp3) is 0.400. The van der Waals surface area contributed by atoms with Crippen LogP contribution in [0.3, 0.4) is 0 Å². The largest absolute Gasteiger partial charge is 0.460 e. The molecule has 2 aliphatic rings. The fourth-order valence-corrected chi connectivity index (χ4v) is 3.85. The van der Waals surface area contributed by atoms with Gasteiger partial charge in [-0.2, -0.15) is 0 Å². The minimum atomic E-state index is -0.423. The van der Waals surface area contributed by atoms with Gasteiger partial charge in [0.15, 0.2) is 5.78 Å². The van der Waals surface area contributed by atoms with E-state index >= 15 is 0 Å². The number of carbonyl (C=O) groups excluding carboxylic acids is 2. The molecule has 3 atom stereocenters. The van der Waals surface area contributed by atoms with Crippen molar-refractivity contribution in [1.29, 1.82) is 0 Å². The molecule has 1 aromatic carbocycles. The van der Waals surface area contributed by atoms with Crippen molar-refractivity contribution < 1.29 is 19.1 Å². The van der Waals surface area contributed by atoms with Gasteiger partial charge < -0.3 is 14.8 Å². The summed E-state index contributed by atoms with van der Waals surface area (Å²) < 4.78 is 10.3. The monoisotopic (exact) mass is 375 g/mol. The fourth-order valence-electron chi connectivity index (χ4n) is 3.72. The second-order valence-electron chi connectivity index (χ2n) is 6.51. The van der Waals surface area contributed by atoms with Gasteiger partial charge in [0, 0.05) is 29.8 Å². The molecule has 1 aromatic rings. The van der Waals surface area contributed by atoms with Gasteiger partial charge in [0.1, 0.15) is 6.61 Å². The molecule has 1 aliphatic heterocycles. The summed E-state index contributed by atoms with van der Waals surface area (Å²) in [6, 6.07) is 7.26. The average Bonchev–Trinajstić information content (AvgIpc) is 2.61. The van der Waals surface area contributed by atoms with Crippen LogP contribution in [0.4, 0.5) is 0 Å². The van der Waals surface area contributed by atoms with Crippen molar-refractivity contribution in [2.24, 2.45) is 5.92 Å². The minimum Gasteiger partial charge on any atom is -0.460 e. The zero-order chi connectivity index (χ0) is 18.7. The molecule has 1 N–H and O–H groups in total. The molecule has 3 rings (SSSR count). The normalized spacial score (nSPS) is 24.9. The number of ketones is 1. The molecule has 26 heavy (non-hydrogen) atoms. The van der Waals surface area contributed by atoms with E-state index in [2.05, 4.69) is 5.32 Å². The maximum atomic E-state index is 12.8. The number of ether oxygens (including phenoxy) is 2. The second-order valence-corrected chi connectivity index (χ2v) is 6.95. The Hall–Kier alpha value is -2.11. The minimum absolute atomic E-state index is 0.0170. The van der Waals surface area contributed by atoms with Crippen LogP contribution in [0.15, 0.2) is 47.7 Å². The number of benzene rings is 1. The van der Waals surface area contributed by atoms with Gasteiger partial charge in [-0.1, -0.05) is 29.8 Å². The summed E-state index contributed by atoms with van der Waals surface area (Å²) in [4.78, 5) is 25.5. The molecule has 0 unspecified atom stereocenters. The molecule has 5 nitrogen and oxygen atoms in total. The molecule has 138 valence electrons. The molecule has 0 fully saturated rings. The lowest BCUT2D eigenvalue weighted by molar-refractivity contribution is -0.141. The van der Waals surface area contributed by atoms with Crippen LogP contribution in [0.25, 0.3) is 0 Å². The number of rotatable bonds is 5. The smallest absolute Gasteiger partial charge is 0.336 e. The van der Waals surface area contributed by atoms with E-state index in [9.17, 15) is 9.59 Å². The number of carbonyl (C=O) groups is 2. The summed E-state index contributed by atoms with van der Waals surface area (Å²) in [5.41, 5.74) is 2.12. The number of fused-ring (bicyclic) bond motifs is 1. The highest BCUT2D eigenvalue weighted by Gasteiger charge is 2.44. The van der Waals surface area contributed by atoms with Gasteiger partial charge in [-0.3, -0.25) is 4.79 Å². The third-order valence-electron chi connectivity index (χ3n) is 4.88. The van der Waals surface area contributed by atoms with E-state index < -0.39 is 5.97 Å². The molecule has 0 spiro atoms. The highest BCUT2D eigenvalue weighted by molar-refractivity contribution is 6.30. The van der Waals surface area contributed by atoms with E-state index in [4.69, 9.17) is 21.1 Å². The summed E-state index contributed by atoms with van der Waals surface area (Å²) in [6.45, 7) is 2.35. The van der Waals surface area contributed by atoms with Gasteiger partial charge in [-0.05, 0) is 37.1 Å². The quantitative estimate of drug-likeness (QED) is 0.633. The summed E-state index contributed by atoms with van der Waals surface area (Å²) in [7, 11) is 1.55. The number of allylic oxidation sites excluding steroid dienone is 2. The Kier molecular flexibility index (Phi) is 5.79. The maximum Gasteiger partial charge on any atom is 0.336 e. The molecule has 0 bridgehead atoms. The standard InChI is InChI=1S/C20H22ClNO4/c1-12-17(20(24)26-11-10-25-2)18(13-6-8-14(21)9-7-13)19-15(22-12)4-3-5-16(19)23/h3,5-9,15,18-19,22H,4,10-11H2,1-2H3/t15-,18+,19+/m1/s1. The molecule has 0 saturated heterocycles. The second kappa shape index (κ2) is 8.06. The van der Waals surface area contributed by atoms with E-state index in [0.717, 1.165) is 17.7 Å². The van der Waals surface area contributed by atoms with Crippen molar-refractivity contribution in [1.82, 2.24) is 5.32 Å². The van der Waals surface area contributed by atoms with Gasteiger partial charge in [0.25, 0.3) is 0 Å². The molecule has 6 heteroatoms. The summed E-state index contributed by atoms with van der Waals surface area (Å²) in [6.07, 6.45) is 4.23. The van der Waals surface area contributed by atoms with E-state index in [0.29, 0.717) is 17.2 Å². The first-order valence-electron chi connectivity index (χ1n) is 8.62. The summed E-state index contributed by atoms with van der Waals surface area (Å²) >= 11 is 6.02. The number of hydrogen-bond acceptors (Lipinski definition) is 5. The van der Waals surface area contributed by atoms with Crippen LogP contribution in [0.5, 0.6) is 0 Å². The number of hydrogen-bond donors (Lipinski definition) is 1. The molecule has 1 aliphatic carbocycles. The Morgan fingerprint density at radius 3 is 2.69 bits per heavy atom. The van der Waals surface area contributed by atoms with E-state index in [-0.39, 0.29) is 30.3 Å². The van der Waals surface area contributed by atoms with Crippen LogP contribution in [0, 0.1) is 5.92 Å². The lowest BCUT2D eigenvalue weighted by Crippen LogP contribution is -2.49. The highest BCUT2D eigenvalue weighted by Crippen LogP contribution is 2.42. The van der Waals surface area contributed by atoms with Crippen LogP contribution in [0.2, 0.25) is 5.02 Å². The molecule has 0 saturated carbocycles. The molecular formula is C20H22ClNO4. The molecule has 0 aromatic heterocycles. The zero-order valence-corrected chi connectivity index (χ0v) is 15.6. The Labute approximate surface area is 158 Å². The van der Waals surface area contributed by atoms with Crippen molar-refractivity contribution in [3.05, 3.63) is 58.3 Å². The average molecular weight is 376 g/mol. The van der Waals surface area contributed by atoms with Crippen LogP contribution in [0.1, 0.15) is 24.8 Å². The predicted octanol–water partition coefficient (Wildman–Crippen LogP) is 3.00. The van der Waals surface area contributed by atoms with Gasteiger partial charge in [0.2, 0.25) is 0 Å². The van der Waals surface area contributed by atoms with Gasteiger partial charge >= 0.3 is 5.97 Å². The van der Waals surface area contributed by atoms with Gasteiger partial charge in [-0.15, -0.1) is 0 Å². The predicted molar refractivity (Wildman–Crippen MR) is 98.9 cm³/mol. The number of halogens is 1. The third-order valence-corrected chi connectivity index (χ3v) is 5.13. The lowest BCUT2D eigenvalue weighted by atomic mass is 9.69. The zero-order valence-electron chi connectivity index (χ0n) is 14.8. The highest BCUT2D eigenvalue weighted by atomic mass is 35.5. The molecule has 0 radical (unpaired) electrons. The van der Waals surface area contributed by atoms with Crippen molar-refractivity contribution in [2.75, 3.05) is 20.3 Å². The summed E-state index contributed by atoms with van der Waals surface area (Å²) in [5.74, 6) is -1.13. The first kappa shape index (κ1) is 18.7. The molecule has 0 amide bonds. The van der Waals surface area contributed by atoms with E-state index in [1.54, 1.807) is 25.3 Å². The van der Waals surface area contributed by atoms with Crippen molar-refractivity contribution in [2.45, 2.75) is 25.3 Å². The van der Waals surface area contributed by atoms with Crippen LogP contribution < -0.4 is 5.32 Å². The number of methoxy groups -OCH3 is 1. The SMILES string of the molecule is COCCOC(=O)C1=C(C)N[C@@H]2CC=CC(=O)[C@H]2[C@H]1c1ccc(Cl)cc1. The van der Waals surface area contributed by atoms with Crippen molar-refractivity contribution in [3.63, 3.8) is 0 Å².